The number of thiazole rings is 1. The predicted molar refractivity (Wildman–Crippen MR) is 67.3 cm³/mol. The molecule has 1 fully saturated rings. The summed E-state index contributed by atoms with van der Waals surface area (Å²) in [6.07, 6.45) is 2.08. The van der Waals surface area contributed by atoms with Gasteiger partial charge in [-0.1, -0.05) is 12.1 Å². The number of fused-ring (bicyclic) bond motifs is 1. The Bertz CT molecular complexity index is 510. The maximum absolute atomic E-state index is 11.9. The van der Waals surface area contributed by atoms with E-state index in [1.165, 1.54) is 0 Å². The van der Waals surface area contributed by atoms with Gasteiger partial charge < -0.3 is 4.74 Å². The SMILES string of the molecule is O=C(Cc1nc2ccccc2s1)C1CCCO1. The number of ketones is 1. The van der Waals surface area contributed by atoms with Crippen LogP contribution in [0.1, 0.15) is 17.8 Å². The third kappa shape index (κ3) is 2.23. The Morgan fingerprint density at radius 2 is 2.35 bits per heavy atom. The number of hydrogen-bond donors (Lipinski definition) is 0. The van der Waals surface area contributed by atoms with Crippen molar-refractivity contribution >= 4 is 27.3 Å². The summed E-state index contributed by atoms with van der Waals surface area (Å²) < 4.78 is 6.53. The first-order valence-electron chi connectivity index (χ1n) is 5.82. The Morgan fingerprint density at radius 3 is 3.12 bits per heavy atom. The molecular formula is C13H13NO2S. The molecule has 0 aliphatic carbocycles. The number of benzene rings is 1. The minimum absolute atomic E-state index is 0.168. The Morgan fingerprint density at radius 1 is 1.47 bits per heavy atom. The topological polar surface area (TPSA) is 39.2 Å². The summed E-state index contributed by atoms with van der Waals surface area (Å²) in [6.45, 7) is 0.719. The van der Waals surface area contributed by atoms with Gasteiger partial charge in [-0.25, -0.2) is 4.98 Å². The summed E-state index contributed by atoms with van der Waals surface area (Å²) in [5, 5.41) is 0.895. The van der Waals surface area contributed by atoms with Crippen molar-refractivity contribution in [3.63, 3.8) is 0 Å². The first kappa shape index (κ1) is 10.9. The van der Waals surface area contributed by atoms with Gasteiger partial charge >= 0.3 is 0 Å². The molecule has 0 bridgehead atoms. The first-order valence-corrected chi connectivity index (χ1v) is 6.63. The fourth-order valence-electron chi connectivity index (χ4n) is 2.09. The molecule has 1 atom stereocenters. The van der Waals surface area contributed by atoms with Crippen LogP contribution in [0.5, 0.6) is 0 Å². The van der Waals surface area contributed by atoms with Crippen LogP contribution in [-0.2, 0) is 16.0 Å². The van der Waals surface area contributed by atoms with Gasteiger partial charge in [0.15, 0.2) is 5.78 Å². The summed E-state index contributed by atoms with van der Waals surface area (Å²) in [6, 6.07) is 7.97. The van der Waals surface area contributed by atoms with Crippen LogP contribution in [0.15, 0.2) is 24.3 Å². The summed E-state index contributed by atoms with van der Waals surface area (Å²) in [5.41, 5.74) is 0.979. The molecule has 0 saturated carbocycles. The van der Waals surface area contributed by atoms with Crippen molar-refractivity contribution < 1.29 is 9.53 Å². The molecule has 1 aromatic carbocycles. The van der Waals surface area contributed by atoms with Crippen molar-refractivity contribution in [3.8, 4) is 0 Å². The van der Waals surface area contributed by atoms with Crippen LogP contribution < -0.4 is 0 Å². The number of rotatable bonds is 3. The zero-order valence-corrected chi connectivity index (χ0v) is 10.2. The maximum Gasteiger partial charge on any atom is 0.168 e. The monoisotopic (exact) mass is 247 g/mol. The molecule has 2 aromatic rings. The van der Waals surface area contributed by atoms with E-state index in [-0.39, 0.29) is 11.9 Å². The van der Waals surface area contributed by atoms with Crippen molar-refractivity contribution in [2.45, 2.75) is 25.4 Å². The molecule has 1 unspecified atom stereocenters. The second-order valence-electron chi connectivity index (χ2n) is 4.22. The van der Waals surface area contributed by atoms with E-state index in [9.17, 15) is 4.79 Å². The third-order valence-electron chi connectivity index (χ3n) is 2.95. The zero-order chi connectivity index (χ0) is 11.7. The molecule has 1 aliphatic heterocycles. The lowest BCUT2D eigenvalue weighted by Gasteiger charge is -2.05. The van der Waals surface area contributed by atoms with Gasteiger partial charge in [0.1, 0.15) is 11.1 Å². The molecule has 3 rings (SSSR count). The van der Waals surface area contributed by atoms with Crippen LogP contribution in [0.25, 0.3) is 10.2 Å². The van der Waals surface area contributed by atoms with E-state index in [1.807, 2.05) is 24.3 Å². The van der Waals surface area contributed by atoms with E-state index in [2.05, 4.69) is 4.98 Å². The molecule has 0 N–H and O–H groups in total. The number of para-hydroxylation sites is 1. The van der Waals surface area contributed by atoms with Crippen molar-refractivity contribution in [2.75, 3.05) is 6.61 Å². The van der Waals surface area contributed by atoms with Crippen LogP contribution in [0.3, 0.4) is 0 Å². The lowest BCUT2D eigenvalue weighted by molar-refractivity contribution is -0.127. The van der Waals surface area contributed by atoms with Crippen LogP contribution >= 0.6 is 11.3 Å². The molecule has 0 spiro atoms. The maximum atomic E-state index is 11.9. The van der Waals surface area contributed by atoms with Crippen molar-refractivity contribution in [1.29, 1.82) is 0 Å². The van der Waals surface area contributed by atoms with Crippen molar-refractivity contribution in [3.05, 3.63) is 29.3 Å². The zero-order valence-electron chi connectivity index (χ0n) is 9.39. The van der Waals surface area contributed by atoms with Crippen LogP contribution in [-0.4, -0.2) is 23.5 Å². The van der Waals surface area contributed by atoms with Gasteiger partial charge in [0.2, 0.25) is 0 Å². The highest BCUT2D eigenvalue weighted by molar-refractivity contribution is 7.18. The molecule has 0 radical (unpaired) electrons. The van der Waals surface area contributed by atoms with E-state index < -0.39 is 0 Å². The van der Waals surface area contributed by atoms with Crippen molar-refractivity contribution in [1.82, 2.24) is 4.98 Å². The number of aromatic nitrogens is 1. The van der Waals surface area contributed by atoms with Gasteiger partial charge in [-0.15, -0.1) is 11.3 Å². The van der Waals surface area contributed by atoms with Gasteiger partial charge in [0, 0.05) is 6.61 Å². The molecule has 1 aromatic heterocycles. The van der Waals surface area contributed by atoms with Crippen LogP contribution in [0.2, 0.25) is 0 Å². The normalized spacial score (nSPS) is 19.9. The average molecular weight is 247 g/mol. The smallest absolute Gasteiger partial charge is 0.168 e. The number of hydrogen-bond acceptors (Lipinski definition) is 4. The fourth-order valence-corrected chi connectivity index (χ4v) is 3.07. The average Bonchev–Trinajstić information content (AvgIpc) is 2.97. The molecule has 3 nitrogen and oxygen atoms in total. The first-order chi connectivity index (χ1) is 8.33. The van der Waals surface area contributed by atoms with Gasteiger partial charge in [-0.05, 0) is 25.0 Å². The Balaban J connectivity index is 1.77. The predicted octanol–water partition coefficient (Wildman–Crippen LogP) is 2.59. The summed E-state index contributed by atoms with van der Waals surface area (Å²) in [7, 11) is 0. The molecule has 4 heteroatoms. The van der Waals surface area contributed by atoms with E-state index in [1.54, 1.807) is 11.3 Å². The number of Topliss-reactive ketones (excluding diaryl/α,β-unsaturated/α-hetero) is 1. The van der Waals surface area contributed by atoms with E-state index >= 15 is 0 Å². The van der Waals surface area contributed by atoms with E-state index in [4.69, 9.17) is 4.74 Å². The second kappa shape index (κ2) is 4.55. The van der Waals surface area contributed by atoms with Gasteiger partial charge in [0.25, 0.3) is 0 Å². The second-order valence-corrected chi connectivity index (χ2v) is 5.34. The molecule has 2 heterocycles. The lowest BCUT2D eigenvalue weighted by atomic mass is 10.1. The summed E-state index contributed by atoms with van der Waals surface area (Å²) >= 11 is 1.60. The molecular weight excluding hydrogens is 234 g/mol. The number of carbonyl (C=O) groups excluding carboxylic acids is 1. The Kier molecular flexibility index (Phi) is 2.91. The number of nitrogens with zero attached hydrogens (tertiary/aromatic N) is 1. The van der Waals surface area contributed by atoms with Gasteiger partial charge in [-0.2, -0.15) is 0 Å². The Hall–Kier alpha value is -1.26. The largest absolute Gasteiger partial charge is 0.370 e. The molecule has 0 amide bonds. The molecule has 88 valence electrons. The van der Waals surface area contributed by atoms with Crippen LogP contribution in [0.4, 0.5) is 0 Å². The van der Waals surface area contributed by atoms with E-state index in [0.717, 1.165) is 34.7 Å². The fraction of sp³-hybridized carbons (Fsp3) is 0.385. The minimum atomic E-state index is -0.193. The quantitative estimate of drug-likeness (QED) is 0.837. The third-order valence-corrected chi connectivity index (χ3v) is 3.99. The molecule has 1 saturated heterocycles. The van der Waals surface area contributed by atoms with E-state index in [0.29, 0.717) is 6.42 Å². The summed E-state index contributed by atoms with van der Waals surface area (Å²) in [5.74, 6) is 0.168. The van der Waals surface area contributed by atoms with Gasteiger partial charge in [0.05, 0.1) is 16.6 Å². The van der Waals surface area contributed by atoms with Crippen LogP contribution in [0, 0.1) is 0 Å². The van der Waals surface area contributed by atoms with Gasteiger partial charge in [-0.3, -0.25) is 4.79 Å². The lowest BCUT2D eigenvalue weighted by Crippen LogP contribution is -2.21. The molecule has 17 heavy (non-hydrogen) atoms. The molecule has 1 aliphatic rings. The highest BCUT2D eigenvalue weighted by Crippen LogP contribution is 2.23. The highest BCUT2D eigenvalue weighted by Gasteiger charge is 2.24. The summed E-state index contributed by atoms with van der Waals surface area (Å²) in [4.78, 5) is 16.4. The Labute approximate surface area is 103 Å². The minimum Gasteiger partial charge on any atom is -0.370 e. The highest BCUT2D eigenvalue weighted by atomic mass is 32.1. The standard InChI is InChI=1S/C13H13NO2S/c15-10(11-5-3-7-16-11)8-13-14-9-4-1-2-6-12(9)17-13/h1-2,4,6,11H,3,5,7-8H2. The number of carbonyl (C=O) groups is 1. The van der Waals surface area contributed by atoms with Crippen molar-refractivity contribution in [2.24, 2.45) is 0 Å². The number of ether oxygens (including phenoxy) is 1.